The molecule has 1 aliphatic rings. The molecule has 0 amide bonds. The van der Waals surface area contributed by atoms with Crippen LogP contribution < -0.4 is 14.2 Å². The van der Waals surface area contributed by atoms with Crippen molar-refractivity contribution in [3.63, 3.8) is 0 Å². The maximum absolute atomic E-state index is 6.19. The Morgan fingerprint density at radius 3 is 2.73 bits per heavy atom. The second-order valence-corrected chi connectivity index (χ2v) is 9.72. The van der Waals surface area contributed by atoms with Gasteiger partial charge in [0.25, 0.3) is 5.01 Å². The number of ether oxygens (including phenoxy) is 1. The van der Waals surface area contributed by atoms with Gasteiger partial charge in [-0.15, -0.1) is 0 Å². The molecule has 30 heavy (non-hydrogen) atoms. The Hall–Kier alpha value is -2.47. The normalized spacial score (nSPS) is 14.5. The maximum atomic E-state index is 6.19. The lowest BCUT2D eigenvalue weighted by Gasteiger charge is -2.12. The number of aryl methyl sites for hydroxylation is 1. The van der Waals surface area contributed by atoms with Crippen molar-refractivity contribution in [2.45, 2.75) is 11.5 Å². The van der Waals surface area contributed by atoms with E-state index in [1.165, 1.54) is 30.7 Å². The molecule has 0 bridgehead atoms. The summed E-state index contributed by atoms with van der Waals surface area (Å²) in [5.41, 5.74) is 3.49. The van der Waals surface area contributed by atoms with Crippen molar-refractivity contribution >= 4 is 56.7 Å². The number of thiazole rings is 1. The topological polar surface area (TPSA) is 16.4 Å². The molecule has 0 saturated heterocycles. The van der Waals surface area contributed by atoms with Crippen LogP contribution in [0, 0.1) is 0 Å². The van der Waals surface area contributed by atoms with Crippen molar-refractivity contribution in [1.29, 1.82) is 0 Å². The summed E-state index contributed by atoms with van der Waals surface area (Å²) < 4.78 is 9.49. The van der Waals surface area contributed by atoms with Gasteiger partial charge in [-0.2, -0.15) is 4.57 Å². The molecule has 3 aromatic carbocycles. The van der Waals surface area contributed by atoms with Crippen LogP contribution in [0.1, 0.15) is 10.6 Å². The second kappa shape index (κ2) is 7.99. The smallest absolute Gasteiger partial charge is 0.265 e. The van der Waals surface area contributed by atoms with Gasteiger partial charge in [0, 0.05) is 17.0 Å². The molecule has 5 rings (SSSR count). The molecule has 6 heteroatoms. The summed E-state index contributed by atoms with van der Waals surface area (Å²) in [7, 11) is 4.19. The molecular formula is C24H20ClN2OS2+. The lowest BCUT2D eigenvalue weighted by Crippen LogP contribution is -2.29. The van der Waals surface area contributed by atoms with E-state index in [4.69, 9.17) is 16.3 Å². The number of benzene rings is 3. The van der Waals surface area contributed by atoms with Crippen LogP contribution >= 0.6 is 34.7 Å². The van der Waals surface area contributed by atoms with Gasteiger partial charge in [0.15, 0.2) is 0 Å². The van der Waals surface area contributed by atoms with Gasteiger partial charge in [0.2, 0.25) is 5.52 Å². The van der Waals surface area contributed by atoms with Gasteiger partial charge < -0.3 is 9.64 Å². The van der Waals surface area contributed by atoms with Crippen LogP contribution in [-0.4, -0.2) is 7.05 Å². The molecule has 4 aromatic rings. The SMILES string of the molecule is CN1/C(=C/c2sc3ccc(OCc4ccccc4)cc3[n+]2C)Sc2ccc(Cl)cc21. The first-order valence-corrected chi connectivity index (χ1v) is 11.6. The summed E-state index contributed by atoms with van der Waals surface area (Å²) >= 11 is 9.74. The Morgan fingerprint density at radius 1 is 1.07 bits per heavy atom. The number of rotatable bonds is 4. The van der Waals surface area contributed by atoms with Crippen LogP contribution in [-0.2, 0) is 13.7 Å². The highest BCUT2D eigenvalue weighted by Crippen LogP contribution is 2.46. The van der Waals surface area contributed by atoms with Gasteiger partial charge in [-0.3, -0.25) is 0 Å². The molecule has 1 aromatic heterocycles. The van der Waals surface area contributed by atoms with Gasteiger partial charge in [0.05, 0.1) is 22.9 Å². The third-order valence-corrected chi connectivity index (χ3v) is 7.73. The summed E-state index contributed by atoms with van der Waals surface area (Å²) in [5, 5.41) is 3.14. The third kappa shape index (κ3) is 3.69. The maximum Gasteiger partial charge on any atom is 0.265 e. The molecular weight excluding hydrogens is 432 g/mol. The van der Waals surface area contributed by atoms with Crippen LogP contribution in [0.4, 0.5) is 5.69 Å². The fraction of sp³-hybridized carbons (Fsp3) is 0.125. The van der Waals surface area contributed by atoms with Crippen molar-refractivity contribution in [1.82, 2.24) is 0 Å². The Kier molecular flexibility index (Phi) is 5.19. The van der Waals surface area contributed by atoms with Crippen LogP contribution in [0.2, 0.25) is 5.02 Å². The van der Waals surface area contributed by atoms with E-state index in [1.54, 1.807) is 23.1 Å². The Bertz CT molecular complexity index is 1270. The molecule has 0 radical (unpaired) electrons. The van der Waals surface area contributed by atoms with Crippen LogP contribution in [0.5, 0.6) is 5.75 Å². The zero-order valence-electron chi connectivity index (χ0n) is 16.6. The number of aromatic nitrogens is 1. The van der Waals surface area contributed by atoms with Gasteiger partial charge in [-0.05, 0) is 35.9 Å². The molecule has 0 aliphatic carbocycles. The summed E-state index contributed by atoms with van der Waals surface area (Å²) in [6.07, 6.45) is 2.24. The van der Waals surface area contributed by atoms with E-state index in [-0.39, 0.29) is 0 Å². The minimum Gasteiger partial charge on any atom is -0.489 e. The molecule has 0 fully saturated rings. The molecule has 150 valence electrons. The first kappa shape index (κ1) is 19.5. The van der Waals surface area contributed by atoms with Gasteiger partial charge in [-0.25, -0.2) is 0 Å². The number of hydrogen-bond acceptors (Lipinski definition) is 4. The highest BCUT2D eigenvalue weighted by atomic mass is 35.5. The quantitative estimate of drug-likeness (QED) is 0.329. The molecule has 0 saturated carbocycles. The van der Waals surface area contributed by atoms with Crippen molar-refractivity contribution in [3.8, 4) is 5.75 Å². The zero-order valence-corrected chi connectivity index (χ0v) is 19.0. The Balaban J connectivity index is 1.42. The van der Waals surface area contributed by atoms with Crippen molar-refractivity contribution in [2.75, 3.05) is 11.9 Å². The fourth-order valence-electron chi connectivity index (χ4n) is 3.47. The summed E-state index contributed by atoms with van der Waals surface area (Å²) in [6.45, 7) is 0.569. The fourth-order valence-corrected chi connectivity index (χ4v) is 5.85. The standard InChI is InChI=1S/C24H20ClN2OS2/c1-26-19-12-17(25)8-10-21(19)29-23(26)14-24-27(2)20-13-18(9-11-22(20)30-24)28-15-16-6-4-3-5-7-16/h3-14H,15H2,1-2H3/q+1. The minimum absolute atomic E-state index is 0.569. The number of fused-ring (bicyclic) bond motifs is 2. The van der Waals surface area contributed by atoms with E-state index in [1.807, 2.05) is 36.4 Å². The average molecular weight is 452 g/mol. The highest BCUT2D eigenvalue weighted by molar-refractivity contribution is 8.03. The van der Waals surface area contributed by atoms with Crippen LogP contribution in [0.15, 0.2) is 76.7 Å². The molecule has 0 atom stereocenters. The monoisotopic (exact) mass is 451 g/mol. The van der Waals surface area contributed by atoms with Gasteiger partial charge in [-0.1, -0.05) is 65.0 Å². The van der Waals surface area contributed by atoms with E-state index >= 15 is 0 Å². The number of thioether (sulfide) groups is 1. The molecule has 0 N–H and O–H groups in total. The van der Waals surface area contributed by atoms with Gasteiger partial charge >= 0.3 is 0 Å². The molecule has 0 unspecified atom stereocenters. The summed E-state index contributed by atoms with van der Waals surface area (Å²) in [6, 6.07) is 22.6. The Morgan fingerprint density at radius 2 is 1.90 bits per heavy atom. The van der Waals surface area contributed by atoms with Crippen molar-refractivity contribution < 1.29 is 9.30 Å². The predicted octanol–water partition coefficient (Wildman–Crippen LogP) is 6.50. The highest BCUT2D eigenvalue weighted by Gasteiger charge is 2.25. The average Bonchev–Trinajstić information content (AvgIpc) is 3.24. The van der Waals surface area contributed by atoms with E-state index < -0.39 is 0 Å². The number of halogens is 1. The van der Waals surface area contributed by atoms with E-state index in [0.29, 0.717) is 6.61 Å². The first-order valence-electron chi connectivity index (χ1n) is 9.60. The van der Waals surface area contributed by atoms with Crippen LogP contribution in [0.3, 0.4) is 0 Å². The van der Waals surface area contributed by atoms with Crippen molar-refractivity contribution in [3.05, 3.63) is 87.4 Å². The molecule has 1 aliphatic heterocycles. The predicted molar refractivity (Wildman–Crippen MR) is 127 cm³/mol. The van der Waals surface area contributed by atoms with Crippen LogP contribution in [0.25, 0.3) is 16.3 Å². The van der Waals surface area contributed by atoms with E-state index in [2.05, 4.69) is 60.0 Å². The van der Waals surface area contributed by atoms with E-state index in [0.717, 1.165) is 16.5 Å². The van der Waals surface area contributed by atoms with Crippen molar-refractivity contribution in [2.24, 2.45) is 7.05 Å². The minimum atomic E-state index is 0.569. The number of hydrogen-bond donors (Lipinski definition) is 0. The largest absolute Gasteiger partial charge is 0.489 e. The molecule has 2 heterocycles. The second-order valence-electron chi connectivity index (χ2n) is 7.16. The number of anilines is 1. The molecule has 0 spiro atoms. The molecule has 3 nitrogen and oxygen atoms in total. The van der Waals surface area contributed by atoms with Gasteiger partial charge in [0.1, 0.15) is 24.1 Å². The summed E-state index contributed by atoms with van der Waals surface area (Å²) in [4.78, 5) is 3.43. The lowest BCUT2D eigenvalue weighted by atomic mass is 10.2. The third-order valence-electron chi connectivity index (χ3n) is 5.16. The summed E-state index contributed by atoms with van der Waals surface area (Å²) in [5.74, 6) is 0.883. The lowest BCUT2D eigenvalue weighted by molar-refractivity contribution is -0.642. The first-order chi connectivity index (χ1) is 14.6. The number of nitrogens with zero attached hydrogens (tertiary/aromatic N) is 2. The Labute approximate surface area is 189 Å². The van der Waals surface area contributed by atoms with E-state index in [9.17, 15) is 0 Å². The zero-order chi connectivity index (χ0) is 20.7.